The van der Waals surface area contributed by atoms with Crippen LogP contribution < -0.4 is 15.8 Å². The molecule has 0 radical (unpaired) electrons. The zero-order chi connectivity index (χ0) is 14.7. The number of nitrogens with zero attached hydrogens (tertiary/aromatic N) is 2. The number of aromatic nitrogens is 1. The van der Waals surface area contributed by atoms with Crippen LogP contribution in [0.1, 0.15) is 0 Å². The van der Waals surface area contributed by atoms with Gasteiger partial charge in [-0.3, -0.25) is 10.3 Å². The summed E-state index contributed by atoms with van der Waals surface area (Å²) in [6.45, 7) is 0. The van der Waals surface area contributed by atoms with E-state index >= 15 is 0 Å². The van der Waals surface area contributed by atoms with E-state index in [1.807, 2.05) is 54.6 Å². The Kier molecular flexibility index (Phi) is 3.70. The van der Waals surface area contributed by atoms with Crippen LogP contribution in [0.3, 0.4) is 0 Å². The minimum absolute atomic E-state index is 0.319. The minimum Gasteiger partial charge on any atom is -0.287 e. The number of para-hydroxylation sites is 2. The van der Waals surface area contributed by atoms with Crippen molar-refractivity contribution in [3.05, 3.63) is 54.6 Å². The van der Waals surface area contributed by atoms with Crippen molar-refractivity contribution in [3.63, 3.8) is 0 Å². The molecule has 0 aliphatic rings. The van der Waals surface area contributed by atoms with Crippen molar-refractivity contribution in [1.29, 1.82) is 0 Å². The Labute approximate surface area is 126 Å². The first-order valence-corrected chi connectivity index (χ1v) is 7.26. The number of hydrogen-bond donors (Lipinski definition) is 2. The van der Waals surface area contributed by atoms with Crippen LogP contribution in [0.2, 0.25) is 0 Å². The lowest BCUT2D eigenvalue weighted by Gasteiger charge is -2.19. The molecule has 0 saturated carbocycles. The highest BCUT2D eigenvalue weighted by Gasteiger charge is 2.09. The van der Waals surface area contributed by atoms with Crippen LogP contribution in [0.5, 0.6) is 0 Å². The molecule has 0 saturated heterocycles. The highest BCUT2D eigenvalue weighted by atomic mass is 32.1. The first-order valence-electron chi connectivity index (χ1n) is 6.44. The average molecular weight is 298 g/mol. The topological polar surface area (TPSA) is 57.3 Å². The molecule has 106 valence electrons. The number of nitrogens with one attached hydrogen (secondary N) is 2. The molecular weight excluding hydrogens is 284 g/mol. The predicted octanol–water partition coefficient (Wildman–Crippen LogP) is 3.47. The molecule has 2 N–H and O–H groups in total. The first-order chi connectivity index (χ1) is 10.2. The fraction of sp³-hybridized carbons (Fsp3) is 0.0667. The summed E-state index contributed by atoms with van der Waals surface area (Å²) in [4.78, 5) is 16.3. The van der Waals surface area contributed by atoms with Gasteiger partial charge in [0.2, 0.25) is 0 Å². The minimum atomic E-state index is -0.319. The number of benzene rings is 2. The molecule has 0 aliphatic heterocycles. The summed E-state index contributed by atoms with van der Waals surface area (Å²) in [6.07, 6.45) is 0. The Morgan fingerprint density at radius 2 is 1.81 bits per heavy atom. The molecule has 6 heteroatoms. The van der Waals surface area contributed by atoms with Crippen LogP contribution in [0.15, 0.2) is 54.6 Å². The molecule has 0 aliphatic carbocycles. The van der Waals surface area contributed by atoms with Crippen LogP contribution in [-0.4, -0.2) is 18.1 Å². The molecule has 2 aromatic carbocycles. The summed E-state index contributed by atoms with van der Waals surface area (Å²) in [5.41, 5.74) is 4.52. The van der Waals surface area contributed by atoms with Crippen LogP contribution in [-0.2, 0) is 0 Å². The van der Waals surface area contributed by atoms with Crippen molar-refractivity contribution >= 4 is 38.4 Å². The molecule has 2 amide bonds. The molecule has 0 bridgehead atoms. The number of fused-ring (bicyclic) bond motifs is 1. The normalized spacial score (nSPS) is 10.3. The van der Waals surface area contributed by atoms with Gasteiger partial charge in [0, 0.05) is 7.05 Å². The van der Waals surface area contributed by atoms with Gasteiger partial charge in [-0.1, -0.05) is 41.7 Å². The Morgan fingerprint density at radius 3 is 2.57 bits per heavy atom. The van der Waals surface area contributed by atoms with Crippen molar-refractivity contribution < 1.29 is 4.79 Å². The highest BCUT2D eigenvalue weighted by molar-refractivity contribution is 7.22. The number of carbonyl (C=O) groups excluding carboxylic acids is 1. The molecule has 3 aromatic rings. The van der Waals surface area contributed by atoms with Gasteiger partial charge in [-0.05, 0) is 24.3 Å². The van der Waals surface area contributed by atoms with E-state index in [0.29, 0.717) is 5.13 Å². The maximum absolute atomic E-state index is 12.0. The molecular formula is C15H14N4OS. The number of hydrazine groups is 1. The molecule has 0 spiro atoms. The molecule has 0 atom stereocenters. The van der Waals surface area contributed by atoms with Crippen molar-refractivity contribution in [1.82, 2.24) is 10.4 Å². The maximum Gasteiger partial charge on any atom is 0.339 e. The molecule has 3 rings (SSSR count). The molecule has 1 aromatic heterocycles. The van der Waals surface area contributed by atoms with Crippen molar-refractivity contribution in [2.24, 2.45) is 0 Å². The number of carbonyl (C=O) groups is 1. The number of rotatable bonds is 3. The highest BCUT2D eigenvalue weighted by Crippen LogP contribution is 2.25. The second kappa shape index (κ2) is 5.80. The SMILES string of the molecule is CN(NC(=O)Nc1nc2ccccc2s1)c1ccccc1. The standard InChI is InChI=1S/C15H14N4OS/c1-19(11-7-3-2-4-8-11)18-14(20)17-15-16-12-9-5-6-10-13(12)21-15/h2-10H,1H3,(H2,16,17,18,20). The Hall–Kier alpha value is -2.60. The van der Waals surface area contributed by atoms with E-state index in [9.17, 15) is 4.79 Å². The maximum atomic E-state index is 12.0. The van der Waals surface area contributed by atoms with Gasteiger partial charge in [-0.25, -0.2) is 15.2 Å². The molecule has 1 heterocycles. The predicted molar refractivity (Wildman–Crippen MR) is 86.6 cm³/mol. The second-order valence-corrected chi connectivity index (χ2v) is 5.48. The zero-order valence-corrected chi connectivity index (χ0v) is 12.2. The van der Waals surface area contributed by atoms with Gasteiger partial charge in [0.15, 0.2) is 5.13 Å². The fourth-order valence-corrected chi connectivity index (χ4v) is 2.78. The number of thiazole rings is 1. The zero-order valence-electron chi connectivity index (χ0n) is 11.4. The molecule has 21 heavy (non-hydrogen) atoms. The third-order valence-corrected chi connectivity index (χ3v) is 3.88. The van der Waals surface area contributed by atoms with Crippen LogP contribution >= 0.6 is 11.3 Å². The third kappa shape index (κ3) is 3.11. The Bertz CT molecular complexity index is 723. The summed E-state index contributed by atoms with van der Waals surface area (Å²) in [5, 5.41) is 4.98. The fourth-order valence-electron chi connectivity index (χ4n) is 1.92. The van der Waals surface area contributed by atoms with Crippen LogP contribution in [0.4, 0.5) is 15.6 Å². The Morgan fingerprint density at radius 1 is 1.10 bits per heavy atom. The lowest BCUT2D eigenvalue weighted by atomic mass is 10.3. The summed E-state index contributed by atoms with van der Waals surface area (Å²) < 4.78 is 1.05. The lowest BCUT2D eigenvalue weighted by Crippen LogP contribution is -2.41. The monoisotopic (exact) mass is 298 g/mol. The largest absolute Gasteiger partial charge is 0.339 e. The smallest absolute Gasteiger partial charge is 0.287 e. The van der Waals surface area contributed by atoms with Crippen molar-refractivity contribution in [2.45, 2.75) is 0 Å². The van der Waals surface area contributed by atoms with Gasteiger partial charge in [0.05, 0.1) is 15.9 Å². The van der Waals surface area contributed by atoms with Gasteiger partial charge >= 0.3 is 6.03 Å². The average Bonchev–Trinajstić information content (AvgIpc) is 2.90. The third-order valence-electron chi connectivity index (χ3n) is 2.93. The number of amides is 2. The summed E-state index contributed by atoms with van der Waals surface area (Å²) in [6, 6.07) is 17.0. The molecule has 0 unspecified atom stereocenters. The summed E-state index contributed by atoms with van der Waals surface area (Å²) in [5.74, 6) is 0. The van der Waals surface area contributed by atoms with Gasteiger partial charge in [-0.2, -0.15) is 0 Å². The van der Waals surface area contributed by atoms with E-state index in [-0.39, 0.29) is 6.03 Å². The van der Waals surface area contributed by atoms with E-state index in [1.54, 1.807) is 12.1 Å². The van der Waals surface area contributed by atoms with Crippen molar-refractivity contribution in [2.75, 3.05) is 17.4 Å². The summed E-state index contributed by atoms with van der Waals surface area (Å²) in [7, 11) is 1.78. The number of anilines is 2. The second-order valence-electron chi connectivity index (χ2n) is 4.45. The van der Waals surface area contributed by atoms with Gasteiger partial charge in [0.25, 0.3) is 0 Å². The number of hydrogen-bond acceptors (Lipinski definition) is 4. The summed E-state index contributed by atoms with van der Waals surface area (Å²) >= 11 is 1.45. The lowest BCUT2D eigenvalue weighted by molar-refractivity contribution is 0.251. The first kappa shape index (κ1) is 13.4. The van der Waals surface area contributed by atoms with E-state index < -0.39 is 0 Å². The van der Waals surface area contributed by atoms with Gasteiger partial charge in [0.1, 0.15) is 0 Å². The van der Waals surface area contributed by atoms with E-state index in [1.165, 1.54) is 11.3 Å². The van der Waals surface area contributed by atoms with E-state index in [4.69, 9.17) is 0 Å². The molecule has 0 fully saturated rings. The quantitative estimate of drug-likeness (QED) is 0.728. The van der Waals surface area contributed by atoms with Gasteiger partial charge < -0.3 is 0 Å². The van der Waals surface area contributed by atoms with Crippen LogP contribution in [0, 0.1) is 0 Å². The van der Waals surface area contributed by atoms with Crippen LogP contribution in [0.25, 0.3) is 10.2 Å². The van der Waals surface area contributed by atoms with E-state index in [0.717, 1.165) is 15.9 Å². The number of urea groups is 1. The molecule has 5 nitrogen and oxygen atoms in total. The van der Waals surface area contributed by atoms with Gasteiger partial charge in [-0.15, -0.1) is 0 Å². The Balaban J connectivity index is 1.66. The van der Waals surface area contributed by atoms with Crippen molar-refractivity contribution in [3.8, 4) is 0 Å². The van der Waals surface area contributed by atoms with E-state index in [2.05, 4.69) is 15.7 Å².